The minimum Gasteiger partial charge on any atom is -0.490 e. The van der Waals surface area contributed by atoms with E-state index in [0.717, 1.165) is 17.0 Å². The maximum Gasteiger partial charge on any atom is 0.407 e. The quantitative estimate of drug-likeness (QED) is 0.867. The molecule has 0 spiro atoms. The molecule has 1 aromatic carbocycles. The Hall–Kier alpha value is -3.09. The number of likely N-dealkylation sites (tertiary alicyclic amines) is 1. The number of aromatic nitrogens is 2. The molecule has 1 fully saturated rings. The number of ether oxygens (including phenoxy) is 1. The molecule has 0 atom stereocenters. The summed E-state index contributed by atoms with van der Waals surface area (Å²) in [5.74, 6) is 1.28. The van der Waals surface area contributed by atoms with Gasteiger partial charge in [-0.3, -0.25) is 0 Å². The largest absolute Gasteiger partial charge is 0.490 e. The predicted octanol–water partition coefficient (Wildman–Crippen LogP) is 3.38. The summed E-state index contributed by atoms with van der Waals surface area (Å²) in [6.45, 7) is 4.69. The van der Waals surface area contributed by atoms with Gasteiger partial charge >= 0.3 is 6.09 Å². The van der Waals surface area contributed by atoms with Crippen LogP contribution < -0.4 is 10.1 Å². The fraction of sp³-hybridized carbons (Fsp3) is 0.278. The van der Waals surface area contributed by atoms with E-state index in [1.165, 1.54) is 4.90 Å². The van der Waals surface area contributed by atoms with Crippen LogP contribution in [0.5, 0.6) is 5.75 Å². The lowest BCUT2D eigenvalue weighted by molar-refractivity contribution is 0.0895. The molecule has 1 saturated heterocycles. The van der Waals surface area contributed by atoms with Crippen LogP contribution in [0.15, 0.2) is 43.2 Å². The number of amides is 1. The number of benzene rings is 1. The molecular weight excluding hydrogens is 320 g/mol. The molecule has 2 aromatic rings. The third-order valence-electron chi connectivity index (χ3n) is 4.03. The van der Waals surface area contributed by atoms with E-state index in [1.807, 2.05) is 24.3 Å². The van der Waals surface area contributed by atoms with Crippen molar-refractivity contribution in [3.8, 4) is 5.75 Å². The summed E-state index contributed by atoms with van der Waals surface area (Å²) < 4.78 is 5.93. The Bertz CT molecular complexity index is 723. The van der Waals surface area contributed by atoms with Gasteiger partial charge in [0.2, 0.25) is 5.95 Å². The van der Waals surface area contributed by atoms with Gasteiger partial charge in [0.15, 0.2) is 0 Å². The van der Waals surface area contributed by atoms with Crippen molar-refractivity contribution in [2.45, 2.75) is 18.9 Å². The highest BCUT2D eigenvalue weighted by Gasteiger charge is 2.23. The third-order valence-corrected chi connectivity index (χ3v) is 4.03. The minimum atomic E-state index is -0.864. The zero-order chi connectivity index (χ0) is 17.6. The number of nitrogens with one attached hydrogen (secondary N) is 1. The Labute approximate surface area is 146 Å². The molecule has 0 unspecified atom stereocenters. The summed E-state index contributed by atoms with van der Waals surface area (Å²) in [5.41, 5.74) is 1.72. The van der Waals surface area contributed by atoms with Crippen LogP contribution in [0.3, 0.4) is 0 Å². The van der Waals surface area contributed by atoms with Gasteiger partial charge in [0.1, 0.15) is 11.9 Å². The normalized spacial score (nSPS) is 14.8. The van der Waals surface area contributed by atoms with Crippen molar-refractivity contribution >= 4 is 23.8 Å². The van der Waals surface area contributed by atoms with Crippen LogP contribution >= 0.6 is 0 Å². The molecule has 0 radical (unpaired) electrons. The lowest BCUT2D eigenvalue weighted by Crippen LogP contribution is -2.41. The van der Waals surface area contributed by atoms with Crippen LogP contribution in [0.1, 0.15) is 18.4 Å². The lowest BCUT2D eigenvalue weighted by Gasteiger charge is -2.30. The van der Waals surface area contributed by atoms with Crippen LogP contribution in [0.25, 0.3) is 6.08 Å². The fourth-order valence-electron chi connectivity index (χ4n) is 2.61. The van der Waals surface area contributed by atoms with E-state index < -0.39 is 6.09 Å². The van der Waals surface area contributed by atoms with Gasteiger partial charge in [-0.05, 0) is 24.3 Å². The molecule has 1 aromatic heterocycles. The van der Waals surface area contributed by atoms with E-state index in [2.05, 4.69) is 21.9 Å². The van der Waals surface area contributed by atoms with E-state index >= 15 is 0 Å². The lowest BCUT2D eigenvalue weighted by atomic mass is 10.1. The van der Waals surface area contributed by atoms with E-state index in [9.17, 15) is 4.79 Å². The number of anilines is 2. The second kappa shape index (κ2) is 7.65. The molecule has 3 rings (SSSR count). The number of hydrogen-bond acceptors (Lipinski definition) is 5. The Balaban J connectivity index is 1.53. The van der Waals surface area contributed by atoms with Gasteiger partial charge in [0.25, 0.3) is 0 Å². The van der Waals surface area contributed by atoms with Crippen molar-refractivity contribution in [2.24, 2.45) is 0 Å². The minimum absolute atomic E-state index is 0.0455. The highest BCUT2D eigenvalue weighted by atomic mass is 16.5. The van der Waals surface area contributed by atoms with Crippen LogP contribution in [0.2, 0.25) is 0 Å². The summed E-state index contributed by atoms with van der Waals surface area (Å²) in [6.07, 6.45) is 5.68. The zero-order valence-corrected chi connectivity index (χ0v) is 13.8. The first kappa shape index (κ1) is 16.8. The van der Waals surface area contributed by atoms with E-state index in [-0.39, 0.29) is 6.10 Å². The Morgan fingerprint density at radius 3 is 2.44 bits per heavy atom. The van der Waals surface area contributed by atoms with Crippen molar-refractivity contribution in [3.05, 3.63) is 48.8 Å². The number of hydrogen-bond donors (Lipinski definition) is 2. The smallest absolute Gasteiger partial charge is 0.407 e. The topological polar surface area (TPSA) is 87.6 Å². The number of nitrogens with zero attached hydrogens (tertiary/aromatic N) is 3. The molecule has 130 valence electrons. The van der Waals surface area contributed by atoms with Gasteiger partial charge in [-0.2, -0.15) is 0 Å². The van der Waals surface area contributed by atoms with Crippen molar-refractivity contribution in [1.29, 1.82) is 0 Å². The molecule has 0 aliphatic carbocycles. The van der Waals surface area contributed by atoms with Crippen LogP contribution in [-0.2, 0) is 0 Å². The van der Waals surface area contributed by atoms with Crippen molar-refractivity contribution < 1.29 is 14.6 Å². The number of piperidine rings is 1. The second-order valence-corrected chi connectivity index (χ2v) is 5.78. The highest BCUT2D eigenvalue weighted by Crippen LogP contribution is 2.22. The molecule has 7 heteroatoms. The summed E-state index contributed by atoms with van der Waals surface area (Å²) in [7, 11) is 0. The monoisotopic (exact) mass is 340 g/mol. The molecule has 7 nitrogen and oxygen atoms in total. The Morgan fingerprint density at radius 1 is 1.24 bits per heavy atom. The maximum absolute atomic E-state index is 10.9. The average Bonchev–Trinajstić information content (AvgIpc) is 2.64. The molecule has 1 amide bonds. The van der Waals surface area contributed by atoms with Gasteiger partial charge in [-0.25, -0.2) is 14.8 Å². The van der Waals surface area contributed by atoms with Gasteiger partial charge in [0.05, 0.1) is 0 Å². The predicted molar refractivity (Wildman–Crippen MR) is 95.1 cm³/mol. The van der Waals surface area contributed by atoms with Gasteiger partial charge in [-0.15, -0.1) is 0 Å². The summed E-state index contributed by atoms with van der Waals surface area (Å²) in [6, 6.07) is 7.55. The first-order valence-electron chi connectivity index (χ1n) is 8.10. The van der Waals surface area contributed by atoms with Crippen molar-refractivity contribution in [2.75, 3.05) is 18.4 Å². The first-order chi connectivity index (χ1) is 12.1. The molecule has 25 heavy (non-hydrogen) atoms. The molecule has 2 N–H and O–H groups in total. The molecule has 0 bridgehead atoms. The summed E-state index contributed by atoms with van der Waals surface area (Å²) >= 11 is 0. The Morgan fingerprint density at radius 2 is 1.88 bits per heavy atom. The van der Waals surface area contributed by atoms with E-state index in [1.54, 1.807) is 18.5 Å². The third kappa shape index (κ3) is 4.47. The van der Waals surface area contributed by atoms with Crippen LogP contribution in [0.4, 0.5) is 16.4 Å². The van der Waals surface area contributed by atoms with Crippen molar-refractivity contribution in [1.82, 2.24) is 14.9 Å². The molecule has 1 aliphatic heterocycles. The maximum atomic E-state index is 10.9. The first-order valence-corrected chi connectivity index (χ1v) is 8.10. The molecule has 0 saturated carbocycles. The molecule has 2 heterocycles. The van der Waals surface area contributed by atoms with E-state index in [4.69, 9.17) is 9.84 Å². The average molecular weight is 340 g/mol. The SMILES string of the molecule is C=Cc1cnc(Nc2ccc(OC3CCN(C(=O)O)CC3)cc2)nc1. The zero-order valence-electron chi connectivity index (χ0n) is 13.8. The number of rotatable bonds is 5. The summed E-state index contributed by atoms with van der Waals surface area (Å²) in [5, 5.41) is 12.1. The van der Waals surface area contributed by atoms with Gasteiger partial charge < -0.3 is 20.1 Å². The fourth-order valence-corrected chi connectivity index (χ4v) is 2.61. The second-order valence-electron chi connectivity index (χ2n) is 5.78. The van der Waals surface area contributed by atoms with E-state index in [0.29, 0.717) is 31.9 Å². The molecular formula is C18H20N4O3. The standard InChI is InChI=1S/C18H20N4O3/c1-2-13-11-19-17(20-12-13)21-14-3-5-15(6-4-14)25-16-7-9-22(10-8-16)18(23)24/h2-6,11-12,16H,1,7-10H2,(H,23,24)(H,19,20,21). The summed E-state index contributed by atoms with van der Waals surface area (Å²) in [4.78, 5) is 20.7. The molecule has 1 aliphatic rings. The number of carboxylic acid groups (broad SMARTS) is 1. The highest BCUT2D eigenvalue weighted by molar-refractivity contribution is 5.65. The van der Waals surface area contributed by atoms with Crippen molar-refractivity contribution in [3.63, 3.8) is 0 Å². The van der Waals surface area contributed by atoms with Gasteiger partial charge in [-0.1, -0.05) is 12.7 Å². The van der Waals surface area contributed by atoms with Crippen LogP contribution in [-0.4, -0.2) is 45.3 Å². The Kier molecular flexibility index (Phi) is 5.13. The number of carbonyl (C=O) groups is 1. The van der Waals surface area contributed by atoms with Gasteiger partial charge in [0, 0.05) is 49.6 Å². The van der Waals surface area contributed by atoms with Crippen LogP contribution in [0, 0.1) is 0 Å².